The summed E-state index contributed by atoms with van der Waals surface area (Å²) in [5, 5.41) is 10.2. The number of carbonyl (C=O) groups excluding carboxylic acids is 2. The zero-order valence-electron chi connectivity index (χ0n) is 24.4. The predicted molar refractivity (Wildman–Crippen MR) is 165 cm³/mol. The molecule has 3 amide bonds. The molecule has 3 heterocycles. The Bertz CT molecular complexity index is 1700. The number of imide groups is 1. The van der Waals surface area contributed by atoms with Gasteiger partial charge in [-0.3, -0.25) is 29.3 Å². The lowest BCUT2D eigenvalue weighted by Gasteiger charge is -2.41. The van der Waals surface area contributed by atoms with E-state index in [-0.39, 0.29) is 30.4 Å². The second-order valence-electron chi connectivity index (χ2n) is 12.0. The molecule has 0 radical (unpaired) electrons. The molecule has 1 aromatic heterocycles. The lowest BCUT2D eigenvalue weighted by Crippen LogP contribution is -2.50. The number of rotatable bonds is 7. The number of hydrogen-bond acceptors (Lipinski definition) is 5. The molecule has 2 unspecified atom stereocenters. The molecule has 4 aromatic rings. The molecule has 3 aromatic carbocycles. The van der Waals surface area contributed by atoms with E-state index in [1.165, 1.54) is 16.0 Å². The third kappa shape index (κ3) is 5.26. The Balaban J connectivity index is 1.14. The van der Waals surface area contributed by atoms with Crippen LogP contribution in [-0.2, 0) is 32.5 Å². The molecular formula is C36H34N4O4. The van der Waals surface area contributed by atoms with Crippen LogP contribution in [0.4, 0.5) is 4.79 Å². The molecule has 0 saturated carbocycles. The van der Waals surface area contributed by atoms with Crippen molar-refractivity contribution in [2.45, 2.75) is 57.4 Å². The van der Waals surface area contributed by atoms with Gasteiger partial charge in [-0.2, -0.15) is 0 Å². The predicted octanol–water partition coefficient (Wildman–Crippen LogP) is 5.86. The number of carboxylic acid groups (broad SMARTS) is 1. The van der Waals surface area contributed by atoms with Gasteiger partial charge in [0.2, 0.25) is 0 Å². The van der Waals surface area contributed by atoms with Crippen LogP contribution in [0, 0.1) is 0 Å². The van der Waals surface area contributed by atoms with Gasteiger partial charge < -0.3 is 5.11 Å². The van der Waals surface area contributed by atoms with Crippen LogP contribution in [0.5, 0.6) is 0 Å². The van der Waals surface area contributed by atoms with Crippen molar-refractivity contribution in [3.63, 3.8) is 0 Å². The number of hydrogen-bond donors (Lipinski definition) is 1. The quantitative estimate of drug-likeness (QED) is 0.273. The highest BCUT2D eigenvalue weighted by atomic mass is 16.4. The fourth-order valence-electron chi connectivity index (χ4n) is 7.04. The number of carbonyl (C=O) groups is 3. The zero-order chi connectivity index (χ0) is 30.2. The molecule has 44 heavy (non-hydrogen) atoms. The van der Waals surface area contributed by atoms with Gasteiger partial charge in [-0.15, -0.1) is 0 Å². The molecule has 1 aliphatic carbocycles. The van der Waals surface area contributed by atoms with Crippen molar-refractivity contribution in [3.8, 4) is 0 Å². The number of aromatic nitrogens is 1. The SMILES string of the molecule is O=C1c2ccccc2C(=O)N1Cc1ccc(CN(CC2Cc3ccccc3CN2C(=O)O)C2CCCc3cccnc32)cc1. The lowest BCUT2D eigenvalue weighted by molar-refractivity contribution is 0.0642. The van der Waals surface area contributed by atoms with E-state index in [4.69, 9.17) is 4.98 Å². The van der Waals surface area contributed by atoms with E-state index in [9.17, 15) is 19.5 Å². The van der Waals surface area contributed by atoms with E-state index < -0.39 is 6.09 Å². The van der Waals surface area contributed by atoms with Gasteiger partial charge in [0.15, 0.2) is 0 Å². The summed E-state index contributed by atoms with van der Waals surface area (Å²) in [7, 11) is 0. The lowest BCUT2D eigenvalue weighted by atomic mass is 9.89. The van der Waals surface area contributed by atoms with Gasteiger partial charge >= 0.3 is 6.09 Å². The highest BCUT2D eigenvalue weighted by Crippen LogP contribution is 2.35. The Morgan fingerprint density at radius 3 is 2.23 bits per heavy atom. The number of fused-ring (bicyclic) bond motifs is 3. The van der Waals surface area contributed by atoms with Gasteiger partial charge in [0.25, 0.3) is 11.8 Å². The molecular weight excluding hydrogens is 552 g/mol. The summed E-state index contributed by atoms with van der Waals surface area (Å²) < 4.78 is 0. The van der Waals surface area contributed by atoms with Gasteiger partial charge in [0, 0.05) is 25.8 Å². The molecule has 222 valence electrons. The first-order valence-corrected chi connectivity index (χ1v) is 15.2. The molecule has 2 atom stereocenters. The molecule has 2 aliphatic heterocycles. The van der Waals surface area contributed by atoms with Crippen molar-refractivity contribution in [3.05, 3.63) is 136 Å². The minimum absolute atomic E-state index is 0.0748. The van der Waals surface area contributed by atoms with Gasteiger partial charge in [-0.1, -0.05) is 66.7 Å². The summed E-state index contributed by atoms with van der Waals surface area (Å²) in [4.78, 5) is 48.3. The molecule has 7 rings (SSSR count). The van der Waals surface area contributed by atoms with Crippen molar-refractivity contribution in [2.75, 3.05) is 6.54 Å². The Labute approximate surface area is 256 Å². The van der Waals surface area contributed by atoms with Gasteiger partial charge in [0.05, 0.1) is 35.4 Å². The monoisotopic (exact) mass is 586 g/mol. The Morgan fingerprint density at radius 1 is 0.841 bits per heavy atom. The summed E-state index contributed by atoms with van der Waals surface area (Å²) in [6, 6.07) is 27.1. The van der Waals surface area contributed by atoms with E-state index in [0.717, 1.165) is 41.6 Å². The van der Waals surface area contributed by atoms with Crippen LogP contribution in [0.25, 0.3) is 0 Å². The number of amides is 3. The van der Waals surface area contributed by atoms with Crippen molar-refractivity contribution in [1.82, 2.24) is 19.7 Å². The highest BCUT2D eigenvalue weighted by Gasteiger charge is 2.36. The van der Waals surface area contributed by atoms with E-state index >= 15 is 0 Å². The number of nitrogens with zero attached hydrogens (tertiary/aromatic N) is 4. The fraction of sp³-hybridized carbons (Fsp3) is 0.278. The smallest absolute Gasteiger partial charge is 0.407 e. The van der Waals surface area contributed by atoms with Crippen LogP contribution < -0.4 is 0 Å². The first-order chi connectivity index (χ1) is 21.5. The van der Waals surface area contributed by atoms with Crippen LogP contribution in [0.1, 0.15) is 73.1 Å². The molecule has 8 nitrogen and oxygen atoms in total. The summed E-state index contributed by atoms with van der Waals surface area (Å²) in [5.41, 5.74) is 7.47. The second-order valence-corrected chi connectivity index (χ2v) is 12.0. The van der Waals surface area contributed by atoms with Crippen LogP contribution in [0.3, 0.4) is 0 Å². The van der Waals surface area contributed by atoms with Crippen LogP contribution in [0.2, 0.25) is 0 Å². The van der Waals surface area contributed by atoms with E-state index in [1.807, 2.05) is 54.7 Å². The third-order valence-electron chi connectivity index (χ3n) is 9.28. The molecule has 0 bridgehead atoms. The van der Waals surface area contributed by atoms with Crippen molar-refractivity contribution in [1.29, 1.82) is 0 Å². The normalized spacial score (nSPS) is 19.1. The largest absolute Gasteiger partial charge is 0.465 e. The molecule has 3 aliphatic rings. The van der Waals surface area contributed by atoms with Crippen LogP contribution >= 0.6 is 0 Å². The fourth-order valence-corrected chi connectivity index (χ4v) is 7.04. The Hall–Kier alpha value is -4.82. The number of pyridine rings is 1. The van der Waals surface area contributed by atoms with Gasteiger partial charge in [-0.05, 0) is 71.7 Å². The Morgan fingerprint density at radius 2 is 1.50 bits per heavy atom. The molecule has 8 heteroatoms. The second kappa shape index (κ2) is 11.7. The summed E-state index contributed by atoms with van der Waals surface area (Å²) >= 11 is 0. The molecule has 0 spiro atoms. The maximum absolute atomic E-state index is 12.9. The van der Waals surface area contributed by atoms with Crippen molar-refractivity contribution >= 4 is 17.9 Å². The zero-order valence-corrected chi connectivity index (χ0v) is 24.4. The summed E-state index contributed by atoms with van der Waals surface area (Å²) in [6.45, 7) is 1.80. The highest BCUT2D eigenvalue weighted by molar-refractivity contribution is 6.21. The standard InChI is InChI=1S/C36H34N4O4/c41-34-30-11-3-4-12-31(30)35(42)40(34)21-25-16-14-24(15-17-25)20-38(32-13-5-9-26-10-6-18-37-33(26)32)23-29-19-27-7-1-2-8-28(27)22-39(29)36(43)44/h1-4,6-8,10-12,14-18,29,32H,5,9,13,19-23H2,(H,43,44). The summed E-state index contributed by atoms with van der Waals surface area (Å²) in [6.07, 6.45) is 4.62. The first-order valence-electron chi connectivity index (χ1n) is 15.2. The van der Waals surface area contributed by atoms with E-state index in [1.54, 1.807) is 29.2 Å². The Kier molecular flexibility index (Phi) is 7.44. The number of aryl methyl sites for hydroxylation is 1. The first kappa shape index (κ1) is 28.0. The summed E-state index contributed by atoms with van der Waals surface area (Å²) in [5.74, 6) is -0.525. The average molecular weight is 587 g/mol. The topological polar surface area (TPSA) is 94.1 Å². The maximum Gasteiger partial charge on any atom is 0.407 e. The van der Waals surface area contributed by atoms with Crippen LogP contribution in [0.15, 0.2) is 91.1 Å². The minimum atomic E-state index is -0.899. The maximum atomic E-state index is 12.9. The van der Waals surface area contributed by atoms with Crippen molar-refractivity contribution < 1.29 is 19.5 Å². The molecule has 0 saturated heterocycles. The third-order valence-corrected chi connectivity index (χ3v) is 9.28. The molecule has 0 fully saturated rings. The minimum Gasteiger partial charge on any atom is -0.465 e. The number of benzene rings is 3. The van der Waals surface area contributed by atoms with E-state index in [0.29, 0.717) is 37.2 Å². The van der Waals surface area contributed by atoms with E-state index in [2.05, 4.69) is 17.0 Å². The average Bonchev–Trinajstić information content (AvgIpc) is 3.29. The van der Waals surface area contributed by atoms with Crippen molar-refractivity contribution in [2.24, 2.45) is 0 Å². The molecule has 1 N–H and O–H groups in total. The van der Waals surface area contributed by atoms with Crippen LogP contribution in [-0.4, -0.2) is 55.3 Å². The van der Waals surface area contributed by atoms with Gasteiger partial charge in [0.1, 0.15) is 0 Å². The van der Waals surface area contributed by atoms with Gasteiger partial charge in [-0.25, -0.2) is 4.79 Å².